The quantitative estimate of drug-likeness (QED) is 0.105. The zero-order valence-corrected chi connectivity index (χ0v) is 32.7. The Bertz CT molecular complexity index is 1990. The Hall–Kier alpha value is -4.82. The summed E-state index contributed by atoms with van der Waals surface area (Å²) in [5.74, 6) is 2.92. The van der Waals surface area contributed by atoms with Gasteiger partial charge in [-0.15, -0.1) is 0 Å². The van der Waals surface area contributed by atoms with Crippen molar-refractivity contribution in [2.45, 2.75) is 52.7 Å². The highest BCUT2D eigenvalue weighted by Crippen LogP contribution is 2.34. The maximum Gasteiger partial charge on any atom is 0.246 e. The smallest absolute Gasteiger partial charge is 0.246 e. The zero-order valence-electron chi connectivity index (χ0n) is 31.1. The maximum atomic E-state index is 13.2. The Morgan fingerprint density at radius 3 is 2.31 bits per heavy atom. The van der Waals surface area contributed by atoms with E-state index in [0.717, 1.165) is 61.5 Å². The molecule has 0 spiro atoms. The van der Waals surface area contributed by atoms with Gasteiger partial charge in [0.1, 0.15) is 18.1 Å². The van der Waals surface area contributed by atoms with E-state index in [2.05, 4.69) is 72.3 Å². The van der Waals surface area contributed by atoms with Crippen molar-refractivity contribution < 1.29 is 19.0 Å². The highest BCUT2D eigenvalue weighted by molar-refractivity contribution is 6.32. The number of aryl methyl sites for hydroxylation is 1. The molecule has 280 valence electrons. The third kappa shape index (κ3) is 11.1. The minimum absolute atomic E-state index is 0.00515. The van der Waals surface area contributed by atoms with E-state index in [9.17, 15) is 4.79 Å². The van der Waals surface area contributed by atoms with Crippen LogP contribution in [0.25, 0.3) is 6.08 Å². The fourth-order valence-electron chi connectivity index (χ4n) is 6.30. The number of hydrogen-bond donors (Lipinski definition) is 0. The molecular weight excluding hydrogens is 717 g/mol. The van der Waals surface area contributed by atoms with Gasteiger partial charge in [0.05, 0.1) is 17.8 Å². The molecule has 54 heavy (non-hydrogen) atoms. The van der Waals surface area contributed by atoms with E-state index < -0.39 is 0 Å². The molecule has 9 heteroatoms. The maximum absolute atomic E-state index is 13.2. The Kier molecular flexibility index (Phi) is 13.7. The predicted octanol–water partition coefficient (Wildman–Crippen LogP) is 10.6. The Morgan fingerprint density at radius 2 is 1.59 bits per heavy atom. The molecule has 0 unspecified atom stereocenters. The van der Waals surface area contributed by atoms with E-state index in [4.69, 9.17) is 37.4 Å². The van der Waals surface area contributed by atoms with Crippen LogP contribution in [0.4, 0.5) is 0 Å². The summed E-state index contributed by atoms with van der Waals surface area (Å²) in [6, 6.07) is 32.0. The second-order valence-corrected chi connectivity index (χ2v) is 14.7. The van der Waals surface area contributed by atoms with Gasteiger partial charge in [-0.1, -0.05) is 91.6 Å². The lowest BCUT2D eigenvalue weighted by Gasteiger charge is -2.21. The summed E-state index contributed by atoms with van der Waals surface area (Å²) in [5.41, 5.74) is 6.39. The molecule has 0 N–H and O–H groups in total. The molecule has 1 fully saturated rings. The number of halogens is 2. The van der Waals surface area contributed by atoms with Crippen molar-refractivity contribution in [1.82, 2.24) is 14.8 Å². The minimum atomic E-state index is -0.00515. The Morgan fingerprint density at radius 1 is 0.833 bits per heavy atom. The summed E-state index contributed by atoms with van der Waals surface area (Å²) in [6.07, 6.45) is 6.83. The molecule has 4 aromatic carbocycles. The molecule has 1 aliphatic heterocycles. The van der Waals surface area contributed by atoms with Gasteiger partial charge in [-0.05, 0) is 89.6 Å². The second kappa shape index (κ2) is 19.0. The highest BCUT2D eigenvalue weighted by Gasteiger charge is 2.18. The van der Waals surface area contributed by atoms with E-state index in [-0.39, 0.29) is 5.91 Å². The monoisotopic (exact) mass is 763 g/mol. The molecule has 1 saturated heterocycles. The average Bonchev–Trinajstić information content (AvgIpc) is 3.42. The van der Waals surface area contributed by atoms with Crippen LogP contribution in [0.1, 0.15) is 59.6 Å². The Labute approximate surface area is 329 Å². The van der Waals surface area contributed by atoms with Crippen molar-refractivity contribution in [2.24, 2.45) is 0 Å². The molecule has 0 bridgehead atoms. The molecule has 1 aromatic heterocycles. The third-order valence-corrected chi connectivity index (χ3v) is 10.1. The van der Waals surface area contributed by atoms with Gasteiger partial charge in [-0.25, -0.2) is 4.98 Å². The first-order valence-corrected chi connectivity index (χ1v) is 19.3. The number of hydrogen-bond acceptors (Lipinski definition) is 6. The number of carbonyl (C=O) groups excluding carboxylic acids is 1. The van der Waals surface area contributed by atoms with Crippen LogP contribution in [-0.2, 0) is 24.4 Å². The van der Waals surface area contributed by atoms with Crippen LogP contribution in [0.3, 0.4) is 0 Å². The van der Waals surface area contributed by atoms with Crippen molar-refractivity contribution in [3.8, 4) is 23.1 Å². The predicted molar refractivity (Wildman–Crippen MR) is 218 cm³/mol. The van der Waals surface area contributed by atoms with Gasteiger partial charge in [0.2, 0.25) is 11.8 Å². The number of benzene rings is 4. The van der Waals surface area contributed by atoms with Crippen molar-refractivity contribution in [2.75, 3.05) is 32.8 Å². The van der Waals surface area contributed by atoms with Gasteiger partial charge in [0.15, 0.2) is 5.75 Å². The van der Waals surface area contributed by atoms with Crippen LogP contribution in [0.5, 0.6) is 23.1 Å². The number of carbonyl (C=O) groups is 1. The molecule has 1 amide bonds. The molecule has 0 radical (unpaired) electrons. The van der Waals surface area contributed by atoms with Crippen LogP contribution in [-0.4, -0.2) is 53.5 Å². The van der Waals surface area contributed by atoms with Crippen LogP contribution < -0.4 is 14.2 Å². The number of nitrogens with zero attached hydrogens (tertiary/aromatic N) is 3. The van der Waals surface area contributed by atoms with Crippen LogP contribution >= 0.6 is 23.2 Å². The lowest BCUT2D eigenvalue weighted by molar-refractivity contribution is -0.125. The van der Waals surface area contributed by atoms with Crippen molar-refractivity contribution in [1.29, 1.82) is 0 Å². The molecular formula is C45H47Cl2N3O4. The van der Waals surface area contributed by atoms with E-state index in [0.29, 0.717) is 53.1 Å². The number of aromatic nitrogens is 1. The van der Waals surface area contributed by atoms with E-state index in [1.54, 1.807) is 30.5 Å². The number of rotatable bonds is 14. The SMILES string of the molecule is Cc1cc(/C=C/C(=O)N2CCCN(Cc3ccc(CCOc4ccc(C(C)C)cc4)cc3)CC2)cc(Cl)c1Oc1ccc(OCc2ccccc2Cl)cn1. The van der Waals surface area contributed by atoms with Gasteiger partial charge in [0.25, 0.3) is 0 Å². The summed E-state index contributed by atoms with van der Waals surface area (Å²) < 4.78 is 17.8. The van der Waals surface area contributed by atoms with E-state index in [1.807, 2.05) is 48.2 Å². The fraction of sp³-hybridized carbons (Fsp3) is 0.289. The third-order valence-electron chi connectivity index (χ3n) is 9.47. The Balaban J connectivity index is 0.943. The number of amides is 1. The van der Waals surface area contributed by atoms with Crippen molar-refractivity contribution in [3.05, 3.63) is 153 Å². The first kappa shape index (κ1) is 38.9. The first-order valence-electron chi connectivity index (χ1n) is 18.5. The molecule has 1 aliphatic rings. The lowest BCUT2D eigenvalue weighted by atomic mass is 10.0. The van der Waals surface area contributed by atoms with Crippen LogP contribution in [0, 0.1) is 6.92 Å². The molecule has 6 rings (SSSR count). The molecule has 7 nitrogen and oxygen atoms in total. The summed E-state index contributed by atoms with van der Waals surface area (Å²) in [7, 11) is 0. The van der Waals surface area contributed by atoms with Gasteiger partial charge >= 0.3 is 0 Å². The molecule has 0 saturated carbocycles. The van der Waals surface area contributed by atoms with E-state index in [1.165, 1.54) is 16.7 Å². The van der Waals surface area contributed by atoms with Crippen LogP contribution in [0.2, 0.25) is 10.0 Å². The summed E-state index contributed by atoms with van der Waals surface area (Å²) in [6.45, 7) is 11.3. The summed E-state index contributed by atoms with van der Waals surface area (Å²) in [4.78, 5) is 22.0. The van der Waals surface area contributed by atoms with Gasteiger partial charge in [0, 0.05) is 61.9 Å². The van der Waals surface area contributed by atoms with Crippen molar-refractivity contribution in [3.63, 3.8) is 0 Å². The van der Waals surface area contributed by atoms with Gasteiger partial charge < -0.3 is 19.1 Å². The standard InChI is InChI=1S/C45H47Cl2N3O4/c1-32(2)37-14-16-39(17-15-37)52-26-21-34-9-11-35(12-10-34)30-49-22-6-23-50(25-24-49)44(51)20-13-36-27-33(3)45(42(47)28-36)54-43-19-18-40(29-48-43)53-31-38-7-4-5-8-41(38)46/h4-5,7-20,27-29,32H,6,21-26,30-31H2,1-3H3/b20-13+. The number of pyridine rings is 1. The highest BCUT2D eigenvalue weighted by atomic mass is 35.5. The normalized spacial score (nSPS) is 13.6. The molecule has 0 atom stereocenters. The number of ether oxygens (including phenoxy) is 3. The van der Waals surface area contributed by atoms with Gasteiger partial charge in [-0.2, -0.15) is 0 Å². The second-order valence-electron chi connectivity index (χ2n) is 13.9. The van der Waals surface area contributed by atoms with Crippen LogP contribution in [0.15, 0.2) is 109 Å². The lowest BCUT2D eigenvalue weighted by Crippen LogP contribution is -2.34. The minimum Gasteiger partial charge on any atom is -0.493 e. The first-order chi connectivity index (χ1) is 26.2. The topological polar surface area (TPSA) is 64.1 Å². The summed E-state index contributed by atoms with van der Waals surface area (Å²) >= 11 is 12.9. The molecule has 2 heterocycles. The fourth-order valence-corrected chi connectivity index (χ4v) is 6.81. The zero-order chi connectivity index (χ0) is 37.9. The van der Waals surface area contributed by atoms with E-state index >= 15 is 0 Å². The van der Waals surface area contributed by atoms with Crippen molar-refractivity contribution >= 4 is 35.2 Å². The van der Waals surface area contributed by atoms with Gasteiger partial charge in [-0.3, -0.25) is 9.69 Å². The summed E-state index contributed by atoms with van der Waals surface area (Å²) in [5, 5.41) is 1.09. The molecule has 0 aliphatic carbocycles. The average molecular weight is 765 g/mol. The largest absolute Gasteiger partial charge is 0.493 e. The molecule has 5 aromatic rings.